The van der Waals surface area contributed by atoms with E-state index in [1.165, 1.54) is 12.1 Å². The lowest BCUT2D eigenvalue weighted by atomic mass is 10.1. The summed E-state index contributed by atoms with van der Waals surface area (Å²) in [4.78, 5) is 11.9. The van der Waals surface area contributed by atoms with E-state index < -0.39 is 5.82 Å². The first-order valence-electron chi connectivity index (χ1n) is 5.68. The van der Waals surface area contributed by atoms with E-state index in [0.29, 0.717) is 11.3 Å². The number of carbonyl (C=O) groups excluding carboxylic acids is 1. The summed E-state index contributed by atoms with van der Waals surface area (Å²) in [7, 11) is 0. The van der Waals surface area contributed by atoms with E-state index in [9.17, 15) is 9.18 Å². The molecule has 17 heavy (non-hydrogen) atoms. The molecule has 3 N–H and O–H groups in total. The molecule has 92 valence electrons. The molecule has 1 unspecified atom stereocenters. The molecule has 0 aliphatic heterocycles. The Balaban J connectivity index is 2.15. The zero-order valence-electron chi connectivity index (χ0n) is 10.3. The highest BCUT2D eigenvalue weighted by Crippen LogP contribution is 2.44. The Morgan fingerprint density at radius 3 is 2.59 bits per heavy atom. The fourth-order valence-corrected chi connectivity index (χ4v) is 1.79. The molecule has 1 aliphatic carbocycles. The number of nitrogens with two attached hydrogens (primary N) is 1. The van der Waals surface area contributed by atoms with Crippen LogP contribution in [0.1, 0.15) is 36.2 Å². The summed E-state index contributed by atoms with van der Waals surface area (Å²) in [5.74, 6) is -0.698. The van der Waals surface area contributed by atoms with E-state index in [1.807, 2.05) is 0 Å². The lowest BCUT2D eigenvalue weighted by molar-refractivity contribution is 0.0946. The van der Waals surface area contributed by atoms with E-state index >= 15 is 0 Å². The Hall–Kier alpha value is -1.58. The highest BCUT2D eigenvalue weighted by atomic mass is 19.1. The Morgan fingerprint density at radius 2 is 2.12 bits per heavy atom. The summed E-state index contributed by atoms with van der Waals surface area (Å²) < 4.78 is 13.4. The van der Waals surface area contributed by atoms with Crippen molar-refractivity contribution in [2.24, 2.45) is 5.41 Å². The molecule has 1 atom stereocenters. The summed E-state index contributed by atoms with van der Waals surface area (Å²) in [6.45, 7) is 5.76. The number of nitrogens with one attached hydrogen (secondary N) is 1. The van der Waals surface area contributed by atoms with Gasteiger partial charge in [-0.1, -0.05) is 13.8 Å². The van der Waals surface area contributed by atoms with Gasteiger partial charge in [0.2, 0.25) is 0 Å². The molecule has 1 fully saturated rings. The van der Waals surface area contributed by atoms with Crippen LogP contribution in [0, 0.1) is 18.2 Å². The van der Waals surface area contributed by atoms with Crippen molar-refractivity contribution in [2.75, 3.05) is 5.73 Å². The minimum Gasteiger partial charge on any atom is -0.398 e. The standard InChI is InChI=1S/C13H17FN2O/c1-7-9(14)4-8(5-10(7)15)12(17)16-11-6-13(11,2)3/h4-5,11H,6,15H2,1-3H3,(H,16,17). The number of amides is 1. The monoisotopic (exact) mass is 236 g/mol. The minimum absolute atomic E-state index is 0.157. The van der Waals surface area contributed by atoms with Gasteiger partial charge in [0.15, 0.2) is 0 Å². The van der Waals surface area contributed by atoms with Gasteiger partial charge in [-0.25, -0.2) is 4.39 Å². The number of benzene rings is 1. The van der Waals surface area contributed by atoms with Crippen LogP contribution in [-0.2, 0) is 0 Å². The van der Waals surface area contributed by atoms with Crippen LogP contribution >= 0.6 is 0 Å². The maximum Gasteiger partial charge on any atom is 0.251 e. The largest absolute Gasteiger partial charge is 0.398 e. The third-order valence-corrected chi connectivity index (χ3v) is 3.47. The average Bonchev–Trinajstić information content (AvgIpc) is 2.81. The molecular weight excluding hydrogens is 219 g/mol. The van der Waals surface area contributed by atoms with Gasteiger partial charge in [0.1, 0.15) is 5.82 Å². The third kappa shape index (κ3) is 2.25. The van der Waals surface area contributed by atoms with Gasteiger partial charge in [-0.2, -0.15) is 0 Å². The Bertz CT molecular complexity index is 459. The van der Waals surface area contributed by atoms with Crippen molar-refractivity contribution in [1.82, 2.24) is 5.32 Å². The predicted molar refractivity (Wildman–Crippen MR) is 65.2 cm³/mol. The van der Waals surface area contributed by atoms with E-state index in [-0.39, 0.29) is 22.9 Å². The molecule has 1 amide bonds. The van der Waals surface area contributed by atoms with Crippen LogP contribution in [0.15, 0.2) is 12.1 Å². The van der Waals surface area contributed by atoms with Crippen LogP contribution in [0.3, 0.4) is 0 Å². The molecule has 1 saturated carbocycles. The molecule has 0 saturated heterocycles. The highest BCUT2D eigenvalue weighted by molar-refractivity contribution is 5.95. The first-order valence-corrected chi connectivity index (χ1v) is 5.68. The van der Waals surface area contributed by atoms with Crippen molar-refractivity contribution >= 4 is 11.6 Å². The summed E-state index contributed by atoms with van der Waals surface area (Å²) >= 11 is 0. The summed E-state index contributed by atoms with van der Waals surface area (Å²) in [5, 5.41) is 2.87. The van der Waals surface area contributed by atoms with Gasteiger partial charge in [0.25, 0.3) is 5.91 Å². The molecule has 1 aliphatic rings. The molecule has 0 heterocycles. The van der Waals surface area contributed by atoms with E-state index in [4.69, 9.17) is 5.73 Å². The number of carbonyl (C=O) groups is 1. The predicted octanol–water partition coefficient (Wildman–Crippen LogP) is 2.24. The number of halogens is 1. The fourth-order valence-electron chi connectivity index (χ4n) is 1.79. The number of hydrogen-bond acceptors (Lipinski definition) is 2. The normalized spacial score (nSPS) is 21.1. The summed E-state index contributed by atoms with van der Waals surface area (Å²) in [5.41, 5.74) is 6.77. The van der Waals surface area contributed by atoms with Crippen molar-refractivity contribution in [1.29, 1.82) is 0 Å². The fraction of sp³-hybridized carbons (Fsp3) is 0.462. The maximum atomic E-state index is 13.4. The lowest BCUT2D eigenvalue weighted by Crippen LogP contribution is -2.28. The van der Waals surface area contributed by atoms with E-state index in [1.54, 1.807) is 6.92 Å². The second kappa shape index (κ2) is 3.72. The van der Waals surface area contributed by atoms with Gasteiger partial charge in [-0.15, -0.1) is 0 Å². The molecule has 0 spiro atoms. The zero-order chi connectivity index (χ0) is 12.8. The van der Waals surface area contributed by atoms with E-state index in [0.717, 1.165) is 6.42 Å². The molecule has 0 aromatic heterocycles. The SMILES string of the molecule is Cc1c(N)cc(C(=O)NC2CC2(C)C)cc1F. The van der Waals surface area contributed by atoms with E-state index in [2.05, 4.69) is 19.2 Å². The zero-order valence-corrected chi connectivity index (χ0v) is 10.3. The molecule has 4 heteroatoms. The topological polar surface area (TPSA) is 55.1 Å². The second-order valence-corrected chi connectivity index (χ2v) is 5.39. The molecule has 0 bridgehead atoms. The van der Waals surface area contributed by atoms with Crippen LogP contribution in [0.2, 0.25) is 0 Å². The van der Waals surface area contributed by atoms with Crippen molar-refractivity contribution in [2.45, 2.75) is 33.2 Å². The Morgan fingerprint density at radius 1 is 1.53 bits per heavy atom. The first-order chi connectivity index (χ1) is 7.81. The van der Waals surface area contributed by atoms with Crippen molar-refractivity contribution < 1.29 is 9.18 Å². The quantitative estimate of drug-likeness (QED) is 0.774. The Kier molecular flexibility index (Phi) is 2.60. The van der Waals surface area contributed by atoms with Gasteiger partial charge in [-0.3, -0.25) is 4.79 Å². The van der Waals surface area contributed by atoms with Crippen LogP contribution in [0.5, 0.6) is 0 Å². The van der Waals surface area contributed by atoms with Crippen LogP contribution < -0.4 is 11.1 Å². The molecule has 2 rings (SSSR count). The Labute approximate surface area is 100 Å². The van der Waals surface area contributed by atoms with Gasteiger partial charge in [0, 0.05) is 22.9 Å². The smallest absolute Gasteiger partial charge is 0.251 e. The van der Waals surface area contributed by atoms with Gasteiger partial charge in [0.05, 0.1) is 0 Å². The number of anilines is 1. The summed E-state index contributed by atoms with van der Waals surface area (Å²) in [6.07, 6.45) is 0.961. The first kappa shape index (κ1) is 11.9. The average molecular weight is 236 g/mol. The van der Waals surface area contributed by atoms with Crippen LogP contribution in [0.4, 0.5) is 10.1 Å². The lowest BCUT2D eigenvalue weighted by Gasteiger charge is -2.09. The maximum absolute atomic E-state index is 13.4. The van der Waals surface area contributed by atoms with Crippen LogP contribution in [-0.4, -0.2) is 11.9 Å². The number of nitrogen functional groups attached to an aromatic ring is 1. The van der Waals surface area contributed by atoms with Crippen LogP contribution in [0.25, 0.3) is 0 Å². The highest BCUT2D eigenvalue weighted by Gasteiger charge is 2.46. The number of rotatable bonds is 2. The minimum atomic E-state index is -0.440. The van der Waals surface area contributed by atoms with Gasteiger partial charge >= 0.3 is 0 Å². The number of hydrogen-bond donors (Lipinski definition) is 2. The van der Waals surface area contributed by atoms with Gasteiger partial charge < -0.3 is 11.1 Å². The summed E-state index contributed by atoms with van der Waals surface area (Å²) in [6, 6.07) is 2.93. The van der Waals surface area contributed by atoms with Gasteiger partial charge in [-0.05, 0) is 30.9 Å². The molecule has 0 radical (unpaired) electrons. The molecule has 1 aromatic carbocycles. The second-order valence-electron chi connectivity index (χ2n) is 5.39. The molecule has 1 aromatic rings. The van der Waals surface area contributed by atoms with Crippen molar-refractivity contribution in [3.05, 3.63) is 29.1 Å². The molecular formula is C13H17FN2O. The third-order valence-electron chi connectivity index (χ3n) is 3.47. The van der Waals surface area contributed by atoms with Crippen molar-refractivity contribution in [3.63, 3.8) is 0 Å². The molecule has 3 nitrogen and oxygen atoms in total. The van der Waals surface area contributed by atoms with Crippen molar-refractivity contribution in [3.8, 4) is 0 Å².